The average Bonchev–Trinajstić information content (AvgIpc) is 3.18. The van der Waals surface area contributed by atoms with E-state index in [-0.39, 0.29) is 22.2 Å². The van der Waals surface area contributed by atoms with Gasteiger partial charge in [-0.3, -0.25) is 4.79 Å². The molecule has 0 bridgehead atoms. The largest absolute Gasteiger partial charge is 0.465 e. The monoisotopic (exact) mass is 497 g/mol. The molecular weight excluding hydrogens is 446 g/mol. The van der Waals surface area contributed by atoms with Gasteiger partial charge in [0.1, 0.15) is 0 Å². The number of carbonyl (C=O) groups excluding carboxylic acids is 1. The van der Waals surface area contributed by atoms with Gasteiger partial charge in [-0.1, -0.05) is 51.9 Å². The lowest BCUT2D eigenvalue weighted by Gasteiger charge is -2.72. The van der Waals surface area contributed by atoms with Gasteiger partial charge in [0.25, 0.3) is 0 Å². The van der Waals surface area contributed by atoms with Gasteiger partial charge in [-0.15, -0.1) is 0 Å². The van der Waals surface area contributed by atoms with Crippen LogP contribution >= 0.6 is 0 Å². The number of esters is 1. The van der Waals surface area contributed by atoms with Crippen LogP contribution in [0.3, 0.4) is 0 Å². The van der Waals surface area contributed by atoms with Gasteiger partial charge < -0.3 is 9.94 Å². The molecule has 5 saturated carbocycles. The molecule has 0 aromatic carbocycles. The molecule has 0 spiro atoms. The van der Waals surface area contributed by atoms with Crippen LogP contribution in [0.5, 0.6) is 0 Å². The summed E-state index contributed by atoms with van der Waals surface area (Å²) in [7, 11) is 0. The van der Waals surface area contributed by atoms with Crippen molar-refractivity contribution in [3.63, 3.8) is 0 Å². The molecule has 36 heavy (non-hydrogen) atoms. The Bertz CT molecular complexity index is 968. The number of oxime groups is 1. The van der Waals surface area contributed by atoms with Gasteiger partial charge in [-0.25, -0.2) is 0 Å². The van der Waals surface area contributed by atoms with Crippen LogP contribution < -0.4 is 0 Å². The van der Waals surface area contributed by atoms with E-state index < -0.39 is 0 Å². The molecule has 5 aliphatic carbocycles. The Morgan fingerprint density at radius 2 is 1.67 bits per heavy atom. The first-order valence-corrected chi connectivity index (χ1v) is 14.8. The van der Waals surface area contributed by atoms with Crippen LogP contribution in [-0.4, -0.2) is 23.5 Å². The molecule has 0 amide bonds. The molecule has 9 atom stereocenters. The van der Waals surface area contributed by atoms with Gasteiger partial charge in [-0.2, -0.15) is 0 Å². The van der Waals surface area contributed by atoms with Crippen LogP contribution in [0.15, 0.2) is 17.3 Å². The van der Waals surface area contributed by atoms with E-state index in [9.17, 15) is 10.0 Å². The summed E-state index contributed by atoms with van der Waals surface area (Å²) in [6.45, 7) is 21.5. The van der Waals surface area contributed by atoms with Crippen molar-refractivity contribution in [3.05, 3.63) is 12.2 Å². The second-order valence-corrected chi connectivity index (χ2v) is 15.1. The van der Waals surface area contributed by atoms with Gasteiger partial charge in [0.2, 0.25) is 0 Å². The molecular formula is C32H51NO3. The molecule has 4 heteroatoms. The Labute approximate surface area is 219 Å². The van der Waals surface area contributed by atoms with E-state index in [4.69, 9.17) is 4.74 Å². The summed E-state index contributed by atoms with van der Waals surface area (Å²) in [6, 6.07) is 0. The third-order valence-electron chi connectivity index (χ3n) is 13.7. The predicted octanol–water partition coefficient (Wildman–Crippen LogP) is 8.04. The molecule has 0 heterocycles. The maximum atomic E-state index is 11.9. The molecule has 5 rings (SSSR count). The van der Waals surface area contributed by atoms with Crippen LogP contribution in [0, 0.1) is 56.7 Å². The number of rotatable bonds is 3. The standard InChI is InChI=1S/C32H51NO3/c1-20(2)22-11-16-32(19-36-21(3)34)18-17-30(7)23(27(22)32)9-10-25-29(6)14-13-26(33-35)28(4,5)24(29)12-15-31(25,30)8/h22-25,27,35H,1,9-19H2,2-8H3/b33-26+/t22-,23+,24+,25+,27-,29-,30+,31+,32+/m0/s1. The molecule has 5 fully saturated rings. The van der Waals surface area contributed by atoms with Gasteiger partial charge >= 0.3 is 5.97 Å². The number of hydrogen-bond acceptors (Lipinski definition) is 4. The van der Waals surface area contributed by atoms with Crippen molar-refractivity contribution in [2.75, 3.05) is 6.61 Å². The quantitative estimate of drug-likeness (QED) is 0.186. The lowest BCUT2D eigenvalue weighted by molar-refractivity contribution is -0.231. The first-order valence-electron chi connectivity index (χ1n) is 14.8. The molecule has 1 N–H and O–H groups in total. The van der Waals surface area contributed by atoms with E-state index in [1.807, 2.05) is 0 Å². The van der Waals surface area contributed by atoms with Gasteiger partial charge in [0.05, 0.1) is 12.3 Å². The first-order chi connectivity index (χ1) is 16.8. The topological polar surface area (TPSA) is 58.9 Å². The molecule has 0 aromatic heterocycles. The van der Waals surface area contributed by atoms with Gasteiger partial charge in [0, 0.05) is 17.8 Å². The number of allylic oxidation sites excluding steroid dienone is 1. The minimum Gasteiger partial charge on any atom is -0.465 e. The third kappa shape index (κ3) is 3.30. The van der Waals surface area contributed by atoms with E-state index in [0.717, 1.165) is 18.6 Å². The smallest absolute Gasteiger partial charge is 0.302 e. The lowest BCUT2D eigenvalue weighted by Crippen LogP contribution is -2.66. The highest BCUT2D eigenvalue weighted by Crippen LogP contribution is 2.77. The number of nitrogens with zero attached hydrogens (tertiary/aromatic N) is 1. The number of ether oxygens (including phenoxy) is 1. The minimum absolute atomic E-state index is 0.0386. The Morgan fingerprint density at radius 1 is 0.944 bits per heavy atom. The summed E-state index contributed by atoms with van der Waals surface area (Å²) < 4.78 is 5.79. The Morgan fingerprint density at radius 3 is 2.31 bits per heavy atom. The fraction of sp³-hybridized carbons (Fsp3) is 0.875. The summed E-state index contributed by atoms with van der Waals surface area (Å²) in [5, 5.41) is 13.6. The molecule has 4 nitrogen and oxygen atoms in total. The van der Waals surface area contributed by atoms with Crippen molar-refractivity contribution in [1.82, 2.24) is 0 Å². The first kappa shape index (κ1) is 26.3. The highest BCUT2D eigenvalue weighted by Gasteiger charge is 2.70. The second kappa shape index (κ2) is 8.34. The van der Waals surface area contributed by atoms with Crippen molar-refractivity contribution in [1.29, 1.82) is 0 Å². The summed E-state index contributed by atoms with van der Waals surface area (Å²) >= 11 is 0. The van der Waals surface area contributed by atoms with E-state index in [1.165, 1.54) is 56.9 Å². The van der Waals surface area contributed by atoms with Gasteiger partial charge in [-0.05, 0) is 117 Å². The Balaban J connectivity index is 1.53. The number of fused-ring (bicyclic) bond motifs is 7. The molecule has 5 aliphatic rings. The maximum Gasteiger partial charge on any atom is 0.302 e. The normalized spacial score (nSPS) is 50.4. The molecule has 0 unspecified atom stereocenters. The maximum absolute atomic E-state index is 11.9. The summed E-state index contributed by atoms with van der Waals surface area (Å²) in [5.74, 6) is 2.93. The molecule has 0 aromatic rings. The highest BCUT2D eigenvalue weighted by molar-refractivity contribution is 5.90. The van der Waals surface area contributed by atoms with Crippen molar-refractivity contribution in [3.8, 4) is 0 Å². The Hall–Kier alpha value is -1.32. The van der Waals surface area contributed by atoms with Crippen molar-refractivity contribution in [2.45, 2.75) is 113 Å². The zero-order chi connectivity index (χ0) is 26.3. The summed E-state index contributed by atoms with van der Waals surface area (Å²) in [5.41, 5.74) is 3.32. The minimum atomic E-state index is -0.136. The average molecular weight is 498 g/mol. The number of hydrogen-bond donors (Lipinski definition) is 1. The third-order valence-corrected chi connectivity index (χ3v) is 13.7. The van der Waals surface area contributed by atoms with E-state index in [0.29, 0.717) is 47.0 Å². The van der Waals surface area contributed by atoms with Crippen LogP contribution in [0.25, 0.3) is 0 Å². The van der Waals surface area contributed by atoms with E-state index >= 15 is 0 Å². The molecule has 0 aliphatic heterocycles. The zero-order valence-electron chi connectivity index (χ0n) is 24.1. The van der Waals surface area contributed by atoms with Crippen molar-refractivity contribution in [2.24, 2.45) is 61.8 Å². The second-order valence-electron chi connectivity index (χ2n) is 15.1. The van der Waals surface area contributed by atoms with Crippen LogP contribution in [-0.2, 0) is 9.53 Å². The lowest BCUT2D eigenvalue weighted by atomic mass is 9.32. The van der Waals surface area contributed by atoms with Crippen LogP contribution in [0.1, 0.15) is 113 Å². The fourth-order valence-corrected chi connectivity index (χ4v) is 11.8. The van der Waals surface area contributed by atoms with Crippen LogP contribution in [0.2, 0.25) is 0 Å². The zero-order valence-corrected chi connectivity index (χ0v) is 24.1. The highest BCUT2D eigenvalue weighted by atomic mass is 16.5. The van der Waals surface area contributed by atoms with Gasteiger partial charge in [0.15, 0.2) is 0 Å². The van der Waals surface area contributed by atoms with Crippen molar-refractivity contribution >= 4 is 11.7 Å². The predicted molar refractivity (Wildman–Crippen MR) is 145 cm³/mol. The van der Waals surface area contributed by atoms with E-state index in [1.54, 1.807) is 6.92 Å². The van der Waals surface area contributed by atoms with E-state index in [2.05, 4.69) is 53.3 Å². The van der Waals surface area contributed by atoms with Crippen LogP contribution in [0.4, 0.5) is 0 Å². The summed E-state index contributed by atoms with van der Waals surface area (Å²) in [6.07, 6.45) is 12.0. The molecule has 202 valence electrons. The van der Waals surface area contributed by atoms with Crippen molar-refractivity contribution < 1.29 is 14.7 Å². The number of carbonyl (C=O) groups is 1. The summed E-state index contributed by atoms with van der Waals surface area (Å²) in [4.78, 5) is 11.9. The fourth-order valence-electron chi connectivity index (χ4n) is 11.8. The SMILES string of the molecule is C=C(C)[C@@H]1CC[C@]2(COC(C)=O)CC[C@]3(C)[C@H](CC[C@@H]4[C@@]5(C)CC/C(=N\O)C(C)(C)[C@H]5CC[C@]43C)[C@H]12. The molecule has 0 radical (unpaired) electrons. The molecule has 0 saturated heterocycles. The Kier molecular flexibility index (Phi) is 6.09.